The van der Waals surface area contributed by atoms with Crippen molar-refractivity contribution in [3.05, 3.63) is 177 Å². The van der Waals surface area contributed by atoms with Gasteiger partial charge in [-0.3, -0.25) is 14.4 Å². The Balaban J connectivity index is 1.15. The largest absolute Gasteiger partial charge is 0.497 e. The number of amides is 3. The van der Waals surface area contributed by atoms with Gasteiger partial charge in [0.1, 0.15) is 27.4 Å². The van der Waals surface area contributed by atoms with Gasteiger partial charge in [0.25, 0.3) is 11.8 Å². The molecule has 1 aliphatic rings. The van der Waals surface area contributed by atoms with E-state index in [1.54, 1.807) is 66.7 Å². The first kappa shape index (κ1) is 41.5. The second kappa shape index (κ2) is 19.4. The molecule has 1 aliphatic carbocycles. The van der Waals surface area contributed by atoms with Gasteiger partial charge in [-0.1, -0.05) is 84.9 Å². The first-order chi connectivity index (χ1) is 29.2. The number of thiophene rings is 1. The average Bonchev–Trinajstić information content (AvgIpc) is 3.65. The lowest BCUT2D eigenvalue weighted by molar-refractivity contribution is -0.116. The van der Waals surface area contributed by atoms with E-state index in [0.29, 0.717) is 56.1 Å². The number of carbonyl (C=O) groups is 4. The van der Waals surface area contributed by atoms with Crippen LogP contribution in [0.25, 0.3) is 6.08 Å². The minimum Gasteiger partial charge on any atom is -0.497 e. The molecular weight excluding hydrogens is 795 g/mol. The maximum absolute atomic E-state index is 14.4. The number of methoxy groups -OCH3 is 3. The summed E-state index contributed by atoms with van der Waals surface area (Å²) in [6.07, 6.45) is 3.87. The fourth-order valence-electron chi connectivity index (χ4n) is 7.11. The molecule has 0 bridgehead atoms. The number of benzene rings is 5. The fourth-order valence-corrected chi connectivity index (χ4v) is 9.51. The third-order valence-corrected chi connectivity index (χ3v) is 12.5. The van der Waals surface area contributed by atoms with Gasteiger partial charge in [0.2, 0.25) is 5.91 Å². The van der Waals surface area contributed by atoms with Crippen LogP contribution < -0.4 is 25.4 Å². The fraction of sp³-hybridized carbons (Fsp3) is 0.167. The van der Waals surface area contributed by atoms with Crippen molar-refractivity contribution in [1.29, 1.82) is 0 Å². The quantitative estimate of drug-likeness (QED) is 0.0562. The van der Waals surface area contributed by atoms with Gasteiger partial charge >= 0.3 is 5.97 Å². The Bertz CT molecular complexity index is 2520. The summed E-state index contributed by atoms with van der Waals surface area (Å²) in [7, 11) is 4.40. The number of ether oxygens (including phenoxy) is 3. The number of carbonyl (C=O) groups excluding carboxylic acids is 4. The zero-order chi connectivity index (χ0) is 42.0. The van der Waals surface area contributed by atoms with E-state index in [9.17, 15) is 19.2 Å². The van der Waals surface area contributed by atoms with Gasteiger partial charge in [-0.2, -0.15) is 0 Å². The van der Waals surface area contributed by atoms with Crippen molar-refractivity contribution >= 4 is 63.6 Å². The maximum Gasteiger partial charge on any atom is 0.341 e. The van der Waals surface area contributed by atoms with E-state index in [0.717, 1.165) is 28.8 Å². The molecule has 0 saturated heterocycles. The van der Waals surface area contributed by atoms with E-state index < -0.39 is 23.0 Å². The Kier molecular flexibility index (Phi) is 13.4. The van der Waals surface area contributed by atoms with E-state index in [-0.39, 0.29) is 11.6 Å². The highest BCUT2D eigenvalue weighted by Gasteiger charge is 2.32. The Morgan fingerprint density at radius 1 is 0.783 bits per heavy atom. The SMILES string of the molecule is COC(=O)c1c(NC(=O)C(Sc2cccc(NC(=O)/C(=C\c3cc(OC)ccc3OC)NC(=O)c3ccccc3)c2)c2ccccc2)sc2c1CCC(c1ccccc1)C2. The van der Waals surface area contributed by atoms with Crippen molar-refractivity contribution in [2.45, 2.75) is 35.3 Å². The van der Waals surface area contributed by atoms with Gasteiger partial charge in [-0.05, 0) is 96.5 Å². The highest BCUT2D eigenvalue weighted by Crippen LogP contribution is 2.44. The monoisotopic (exact) mass is 837 g/mol. The van der Waals surface area contributed by atoms with Crippen LogP contribution in [0.5, 0.6) is 11.5 Å². The maximum atomic E-state index is 14.4. The molecule has 304 valence electrons. The molecule has 2 atom stereocenters. The summed E-state index contributed by atoms with van der Waals surface area (Å²) in [6, 6.07) is 40.6. The van der Waals surface area contributed by atoms with Crippen LogP contribution in [-0.4, -0.2) is 45.0 Å². The highest BCUT2D eigenvalue weighted by molar-refractivity contribution is 8.00. The molecule has 0 aliphatic heterocycles. The predicted molar refractivity (Wildman–Crippen MR) is 237 cm³/mol. The average molecular weight is 838 g/mol. The molecule has 5 aromatic carbocycles. The number of hydrogen-bond donors (Lipinski definition) is 3. The summed E-state index contributed by atoms with van der Waals surface area (Å²) in [4.78, 5) is 56.8. The van der Waals surface area contributed by atoms with Crippen LogP contribution in [0.2, 0.25) is 0 Å². The van der Waals surface area contributed by atoms with E-state index >= 15 is 0 Å². The number of hydrogen-bond acceptors (Lipinski definition) is 9. The van der Waals surface area contributed by atoms with Crippen LogP contribution >= 0.6 is 23.1 Å². The molecule has 0 radical (unpaired) electrons. The third kappa shape index (κ3) is 9.79. The van der Waals surface area contributed by atoms with Crippen LogP contribution in [0.15, 0.2) is 144 Å². The summed E-state index contributed by atoms with van der Waals surface area (Å²) in [6.45, 7) is 0. The number of thioether (sulfide) groups is 1. The lowest BCUT2D eigenvalue weighted by Gasteiger charge is -2.22. The molecule has 12 heteroatoms. The smallest absolute Gasteiger partial charge is 0.341 e. The molecule has 7 rings (SSSR count). The molecule has 0 fully saturated rings. The molecule has 2 unspecified atom stereocenters. The number of anilines is 2. The normalized spacial score (nSPS) is 13.9. The minimum atomic E-state index is -0.736. The summed E-state index contributed by atoms with van der Waals surface area (Å²) in [5.74, 6) is -0.542. The zero-order valence-electron chi connectivity index (χ0n) is 33.2. The Morgan fingerprint density at radius 3 is 2.20 bits per heavy atom. The lowest BCUT2D eigenvalue weighted by Crippen LogP contribution is -2.30. The van der Waals surface area contributed by atoms with Crippen molar-refractivity contribution in [3.63, 3.8) is 0 Å². The predicted octanol–water partition coefficient (Wildman–Crippen LogP) is 9.71. The van der Waals surface area contributed by atoms with E-state index in [4.69, 9.17) is 14.2 Å². The molecule has 6 aromatic rings. The molecular formula is C48H43N3O7S2. The van der Waals surface area contributed by atoms with E-state index in [1.807, 2.05) is 54.6 Å². The van der Waals surface area contributed by atoms with Gasteiger partial charge in [0, 0.05) is 26.6 Å². The summed E-state index contributed by atoms with van der Waals surface area (Å²) < 4.78 is 16.2. The van der Waals surface area contributed by atoms with Gasteiger partial charge in [-0.25, -0.2) is 4.79 Å². The van der Waals surface area contributed by atoms with Crippen molar-refractivity contribution < 1.29 is 33.4 Å². The molecule has 0 spiro atoms. The van der Waals surface area contributed by atoms with Crippen LogP contribution in [0, 0.1) is 0 Å². The molecule has 10 nitrogen and oxygen atoms in total. The first-order valence-electron chi connectivity index (χ1n) is 19.3. The second-order valence-corrected chi connectivity index (χ2v) is 16.2. The van der Waals surface area contributed by atoms with Crippen molar-refractivity contribution in [2.24, 2.45) is 0 Å². The van der Waals surface area contributed by atoms with Crippen LogP contribution in [0.3, 0.4) is 0 Å². The van der Waals surface area contributed by atoms with Gasteiger partial charge in [0.15, 0.2) is 0 Å². The van der Waals surface area contributed by atoms with Crippen molar-refractivity contribution in [2.75, 3.05) is 32.0 Å². The second-order valence-electron chi connectivity index (χ2n) is 13.9. The summed E-state index contributed by atoms with van der Waals surface area (Å²) in [5.41, 5.74) is 4.62. The Hall–Kier alpha value is -6.63. The first-order valence-corrected chi connectivity index (χ1v) is 21.0. The molecule has 3 amide bonds. The summed E-state index contributed by atoms with van der Waals surface area (Å²) in [5, 5.41) is 8.53. The van der Waals surface area contributed by atoms with Crippen molar-refractivity contribution in [3.8, 4) is 11.5 Å². The molecule has 0 saturated carbocycles. The molecule has 1 heterocycles. The number of fused-ring (bicyclic) bond motifs is 1. The third-order valence-electron chi connectivity index (χ3n) is 10.1. The van der Waals surface area contributed by atoms with Crippen LogP contribution in [0.1, 0.15) is 65.4 Å². The number of esters is 1. The minimum absolute atomic E-state index is 0.0369. The highest BCUT2D eigenvalue weighted by atomic mass is 32.2. The molecule has 60 heavy (non-hydrogen) atoms. The molecule has 1 aromatic heterocycles. The molecule has 3 N–H and O–H groups in total. The summed E-state index contributed by atoms with van der Waals surface area (Å²) >= 11 is 2.73. The van der Waals surface area contributed by atoms with Crippen LogP contribution in [-0.2, 0) is 27.2 Å². The Labute approximate surface area is 357 Å². The van der Waals surface area contributed by atoms with Gasteiger partial charge in [-0.15, -0.1) is 23.1 Å². The van der Waals surface area contributed by atoms with E-state index in [2.05, 4.69) is 28.1 Å². The van der Waals surface area contributed by atoms with Crippen LogP contribution in [0.4, 0.5) is 10.7 Å². The number of rotatable bonds is 14. The van der Waals surface area contributed by atoms with Gasteiger partial charge in [0.05, 0.1) is 26.9 Å². The Morgan fingerprint density at radius 2 is 1.50 bits per heavy atom. The zero-order valence-corrected chi connectivity index (χ0v) is 34.9. The van der Waals surface area contributed by atoms with E-state index in [1.165, 1.54) is 56.1 Å². The van der Waals surface area contributed by atoms with Gasteiger partial charge < -0.3 is 30.2 Å². The standard InChI is InChI=1S/C48H43N3O7S2/c1-56-36-23-25-40(57-2)34(26-36)27-39(50-44(52)32-18-11-6-12-19-32)45(53)49-35-20-13-21-37(29-35)59-43(31-16-9-5-10-17-31)46(54)51-47-42(48(55)58-3)38-24-22-33(28-41(38)60-47)30-14-7-4-8-15-30/h4-21,23,25-27,29,33,43H,22,24,28H2,1-3H3,(H,49,53)(H,50,52)(H,51,54)/b39-27+. The topological polar surface area (TPSA) is 132 Å². The van der Waals surface area contributed by atoms with Crippen molar-refractivity contribution in [1.82, 2.24) is 5.32 Å². The number of nitrogens with one attached hydrogen (secondary N) is 3. The lowest BCUT2D eigenvalue weighted by atomic mass is 9.83.